The van der Waals surface area contributed by atoms with Crippen LogP contribution in [-0.4, -0.2) is 54.8 Å². The van der Waals surface area contributed by atoms with Crippen LogP contribution in [0.5, 0.6) is 0 Å². The van der Waals surface area contributed by atoms with Crippen molar-refractivity contribution >= 4 is 23.4 Å². The van der Waals surface area contributed by atoms with Gasteiger partial charge in [-0.15, -0.1) is 5.10 Å². The number of nitrogens with one attached hydrogen (secondary N) is 1. The number of amides is 1. The highest BCUT2D eigenvalue weighted by Gasteiger charge is 2.21. The van der Waals surface area contributed by atoms with Crippen molar-refractivity contribution in [2.45, 2.75) is 25.1 Å². The minimum absolute atomic E-state index is 0.00186. The number of aliphatic hydroxyl groups is 1. The first-order valence-electron chi connectivity index (χ1n) is 6.19. The number of rotatable bonds is 5. The molecule has 2 aromatic heterocycles. The molecule has 0 saturated heterocycles. The number of nitrogens with zero attached hydrogens (tertiary/aromatic N) is 4. The molecular formula is C12H17N5O2S. The second kappa shape index (κ2) is 6.19. The molecule has 2 aromatic rings. The Morgan fingerprint density at radius 1 is 1.60 bits per heavy atom. The lowest BCUT2D eigenvalue weighted by molar-refractivity contribution is 0.0925. The van der Waals surface area contributed by atoms with Crippen LogP contribution in [0, 0.1) is 6.92 Å². The molecule has 0 saturated carbocycles. The molecule has 0 aromatic carbocycles. The normalized spacial score (nSPS) is 14.2. The Balaban J connectivity index is 2.17. The molecule has 2 unspecified atom stereocenters. The van der Waals surface area contributed by atoms with Crippen molar-refractivity contribution in [2.75, 3.05) is 12.9 Å². The van der Waals surface area contributed by atoms with E-state index in [-0.39, 0.29) is 29.6 Å². The van der Waals surface area contributed by atoms with Crippen LogP contribution < -0.4 is 5.32 Å². The summed E-state index contributed by atoms with van der Waals surface area (Å²) in [6.45, 7) is 3.71. The van der Waals surface area contributed by atoms with E-state index in [2.05, 4.69) is 20.4 Å². The maximum atomic E-state index is 12.1. The summed E-state index contributed by atoms with van der Waals surface area (Å²) in [6.07, 6.45) is 3.51. The Kier molecular flexibility index (Phi) is 4.56. The third-order valence-electron chi connectivity index (χ3n) is 3.03. The van der Waals surface area contributed by atoms with Crippen LogP contribution in [-0.2, 0) is 0 Å². The van der Waals surface area contributed by atoms with Gasteiger partial charge >= 0.3 is 0 Å². The molecule has 108 valence electrons. The van der Waals surface area contributed by atoms with Crippen molar-refractivity contribution in [1.29, 1.82) is 0 Å². The molecule has 2 rings (SSSR count). The fourth-order valence-electron chi connectivity index (χ4n) is 1.80. The molecule has 0 radical (unpaired) electrons. The topological polar surface area (TPSA) is 92.4 Å². The molecule has 0 aliphatic rings. The number of aliphatic hydroxyl groups excluding tert-OH is 1. The molecule has 2 N–H and O–H groups in total. The van der Waals surface area contributed by atoms with Gasteiger partial charge in [0, 0.05) is 23.2 Å². The summed E-state index contributed by atoms with van der Waals surface area (Å²) < 4.78 is 1.53. The molecule has 0 spiro atoms. The standard InChI is InChI=1S/C12H17N5O2S/c1-7-4-5-13-12-15-10(16-17(7)12)11(19)14-8(2)9(6-18)20-3/h4-5,8-9,18H,6H2,1-3H3,(H,14,19). The predicted octanol–water partition coefficient (Wildman–Crippen LogP) is 0.275. The van der Waals surface area contributed by atoms with Gasteiger partial charge < -0.3 is 10.4 Å². The largest absolute Gasteiger partial charge is 0.395 e. The number of fused-ring (bicyclic) bond motifs is 1. The van der Waals surface area contributed by atoms with Crippen LogP contribution >= 0.6 is 11.8 Å². The van der Waals surface area contributed by atoms with E-state index in [4.69, 9.17) is 0 Å². The van der Waals surface area contributed by atoms with Gasteiger partial charge in [-0.25, -0.2) is 9.50 Å². The molecule has 8 heteroatoms. The summed E-state index contributed by atoms with van der Waals surface area (Å²) >= 11 is 1.50. The average molecular weight is 295 g/mol. The number of aromatic nitrogens is 4. The Labute approximate surface area is 120 Å². The molecule has 2 heterocycles. The Hall–Kier alpha value is -1.67. The predicted molar refractivity (Wildman–Crippen MR) is 76.8 cm³/mol. The van der Waals surface area contributed by atoms with Gasteiger partial charge in [0.25, 0.3) is 11.7 Å². The summed E-state index contributed by atoms with van der Waals surface area (Å²) in [5.74, 6) is 0.109. The molecule has 1 amide bonds. The maximum Gasteiger partial charge on any atom is 0.291 e. The molecule has 0 fully saturated rings. The number of aryl methyl sites for hydroxylation is 1. The zero-order valence-electron chi connectivity index (χ0n) is 11.6. The lowest BCUT2D eigenvalue weighted by atomic mass is 10.2. The van der Waals surface area contributed by atoms with E-state index in [9.17, 15) is 9.90 Å². The van der Waals surface area contributed by atoms with Crippen LogP contribution in [0.15, 0.2) is 12.3 Å². The van der Waals surface area contributed by atoms with Gasteiger partial charge in [-0.1, -0.05) is 0 Å². The Morgan fingerprint density at radius 2 is 2.35 bits per heavy atom. The van der Waals surface area contributed by atoms with Crippen molar-refractivity contribution in [2.24, 2.45) is 0 Å². The molecular weight excluding hydrogens is 278 g/mol. The van der Waals surface area contributed by atoms with Gasteiger partial charge in [0.15, 0.2) is 0 Å². The lowest BCUT2D eigenvalue weighted by Crippen LogP contribution is -2.41. The number of carbonyl (C=O) groups is 1. The highest BCUT2D eigenvalue weighted by molar-refractivity contribution is 7.99. The van der Waals surface area contributed by atoms with Gasteiger partial charge in [-0.2, -0.15) is 16.7 Å². The van der Waals surface area contributed by atoms with Crippen molar-refractivity contribution in [3.63, 3.8) is 0 Å². The van der Waals surface area contributed by atoms with E-state index in [1.807, 2.05) is 20.1 Å². The van der Waals surface area contributed by atoms with Crippen molar-refractivity contribution in [3.05, 3.63) is 23.8 Å². The average Bonchev–Trinajstić information content (AvgIpc) is 2.85. The Bertz CT molecular complexity index is 611. The summed E-state index contributed by atoms with van der Waals surface area (Å²) in [5, 5.41) is 16.1. The van der Waals surface area contributed by atoms with E-state index >= 15 is 0 Å². The zero-order chi connectivity index (χ0) is 14.7. The minimum Gasteiger partial charge on any atom is -0.395 e. The SMILES string of the molecule is CSC(CO)C(C)NC(=O)c1nc2nccc(C)n2n1. The second-order valence-corrected chi connectivity index (χ2v) is 5.53. The van der Waals surface area contributed by atoms with Gasteiger partial charge in [0.2, 0.25) is 5.82 Å². The van der Waals surface area contributed by atoms with E-state index in [0.29, 0.717) is 5.78 Å². The molecule has 7 nitrogen and oxygen atoms in total. The number of hydrogen-bond acceptors (Lipinski definition) is 6. The van der Waals surface area contributed by atoms with E-state index < -0.39 is 0 Å². The van der Waals surface area contributed by atoms with Gasteiger partial charge in [-0.05, 0) is 26.2 Å². The van der Waals surface area contributed by atoms with E-state index in [1.54, 1.807) is 12.3 Å². The minimum atomic E-state index is -0.366. The molecule has 0 bridgehead atoms. The number of hydrogen-bond donors (Lipinski definition) is 2. The Morgan fingerprint density at radius 3 is 2.95 bits per heavy atom. The zero-order valence-corrected chi connectivity index (χ0v) is 12.4. The monoisotopic (exact) mass is 295 g/mol. The number of carbonyl (C=O) groups excluding carboxylic acids is 1. The van der Waals surface area contributed by atoms with E-state index in [0.717, 1.165) is 5.69 Å². The quantitative estimate of drug-likeness (QED) is 0.823. The van der Waals surface area contributed by atoms with Crippen LogP contribution in [0.2, 0.25) is 0 Å². The first-order valence-corrected chi connectivity index (χ1v) is 7.48. The van der Waals surface area contributed by atoms with Crippen LogP contribution in [0.4, 0.5) is 0 Å². The third kappa shape index (κ3) is 2.91. The van der Waals surface area contributed by atoms with Crippen LogP contribution in [0.3, 0.4) is 0 Å². The smallest absolute Gasteiger partial charge is 0.291 e. The molecule has 0 aliphatic carbocycles. The lowest BCUT2D eigenvalue weighted by Gasteiger charge is -2.20. The molecule has 0 aliphatic heterocycles. The van der Waals surface area contributed by atoms with Gasteiger partial charge in [0.1, 0.15) is 0 Å². The molecule has 2 atom stereocenters. The number of thioether (sulfide) groups is 1. The molecule has 20 heavy (non-hydrogen) atoms. The third-order valence-corrected chi connectivity index (χ3v) is 4.19. The summed E-state index contributed by atoms with van der Waals surface area (Å²) in [6, 6.07) is 1.62. The first kappa shape index (κ1) is 14.7. The van der Waals surface area contributed by atoms with Crippen LogP contribution in [0.1, 0.15) is 23.2 Å². The summed E-state index contributed by atoms with van der Waals surface area (Å²) in [5.41, 5.74) is 0.854. The van der Waals surface area contributed by atoms with Gasteiger partial charge in [-0.3, -0.25) is 4.79 Å². The van der Waals surface area contributed by atoms with Gasteiger partial charge in [0.05, 0.1) is 6.61 Å². The highest BCUT2D eigenvalue weighted by Crippen LogP contribution is 2.11. The fraction of sp³-hybridized carbons (Fsp3) is 0.500. The van der Waals surface area contributed by atoms with Crippen molar-refractivity contribution in [3.8, 4) is 0 Å². The fourth-order valence-corrected chi connectivity index (χ4v) is 2.43. The summed E-state index contributed by atoms with van der Waals surface area (Å²) in [7, 11) is 0. The van der Waals surface area contributed by atoms with Crippen molar-refractivity contribution < 1.29 is 9.90 Å². The van der Waals surface area contributed by atoms with Crippen LogP contribution in [0.25, 0.3) is 5.78 Å². The second-order valence-electron chi connectivity index (χ2n) is 4.45. The summed E-state index contributed by atoms with van der Waals surface area (Å²) in [4.78, 5) is 20.3. The first-order chi connectivity index (χ1) is 9.56. The maximum absolute atomic E-state index is 12.1. The van der Waals surface area contributed by atoms with E-state index in [1.165, 1.54) is 16.3 Å². The van der Waals surface area contributed by atoms with Crippen molar-refractivity contribution in [1.82, 2.24) is 24.9 Å². The highest BCUT2D eigenvalue weighted by atomic mass is 32.2.